The van der Waals surface area contributed by atoms with Gasteiger partial charge in [-0.15, -0.1) is 5.10 Å². The van der Waals surface area contributed by atoms with Crippen molar-refractivity contribution < 1.29 is 4.79 Å². The molecule has 0 aliphatic heterocycles. The number of fused-ring (bicyclic) bond motifs is 1. The fourth-order valence-electron chi connectivity index (χ4n) is 3.04. The van der Waals surface area contributed by atoms with Crippen LogP contribution >= 0.6 is 0 Å². The highest BCUT2D eigenvalue weighted by Crippen LogP contribution is 2.25. The van der Waals surface area contributed by atoms with Crippen LogP contribution in [-0.4, -0.2) is 30.7 Å². The molecule has 2 aromatic heterocycles. The van der Waals surface area contributed by atoms with Crippen LogP contribution in [0, 0.1) is 0 Å². The number of nitrogens with zero attached hydrogens (tertiary/aromatic N) is 6. The minimum atomic E-state index is -0.182. The van der Waals surface area contributed by atoms with Gasteiger partial charge in [0, 0.05) is 13.6 Å². The van der Waals surface area contributed by atoms with E-state index in [1.165, 1.54) is 24.5 Å². The lowest BCUT2D eigenvalue weighted by Gasteiger charge is -2.20. The highest BCUT2D eigenvalue weighted by molar-refractivity contribution is 6.00. The lowest BCUT2D eigenvalue weighted by molar-refractivity contribution is -0.114. The van der Waals surface area contributed by atoms with Crippen LogP contribution in [0.3, 0.4) is 0 Å². The second-order valence-corrected chi connectivity index (χ2v) is 5.76. The highest BCUT2D eigenvalue weighted by atomic mass is 16.2. The van der Waals surface area contributed by atoms with E-state index < -0.39 is 0 Å². The predicted octanol–water partition coefficient (Wildman–Crippen LogP) is 1.63. The third-order valence-electron chi connectivity index (χ3n) is 4.32. The van der Waals surface area contributed by atoms with Crippen molar-refractivity contribution in [1.82, 2.24) is 24.8 Å². The van der Waals surface area contributed by atoms with Crippen LogP contribution in [0.15, 0.2) is 18.9 Å². The van der Waals surface area contributed by atoms with E-state index in [2.05, 4.69) is 22.0 Å². The molecule has 7 nitrogen and oxygen atoms in total. The molecule has 0 saturated heterocycles. The summed E-state index contributed by atoms with van der Waals surface area (Å²) in [5, 5.41) is 12.8. The third kappa shape index (κ3) is 2.91. The topological polar surface area (TPSA) is 68.8 Å². The number of carbonyl (C=O) groups is 1. The average molecular weight is 314 g/mol. The molecule has 23 heavy (non-hydrogen) atoms. The minimum Gasteiger partial charge on any atom is -0.284 e. The Morgan fingerprint density at radius 1 is 1.43 bits per heavy atom. The van der Waals surface area contributed by atoms with E-state index in [4.69, 9.17) is 0 Å². The molecule has 2 aromatic rings. The van der Waals surface area contributed by atoms with Crippen molar-refractivity contribution in [2.24, 2.45) is 7.05 Å². The van der Waals surface area contributed by atoms with Gasteiger partial charge in [-0.05, 0) is 44.2 Å². The maximum absolute atomic E-state index is 12.3. The number of anilines is 1. The summed E-state index contributed by atoms with van der Waals surface area (Å²) in [5.41, 5.74) is 3.52. The van der Waals surface area contributed by atoms with E-state index >= 15 is 0 Å². The fourth-order valence-corrected chi connectivity index (χ4v) is 3.04. The quantitative estimate of drug-likeness (QED) is 0.787. The fraction of sp³-hybridized carbons (Fsp3) is 0.500. The summed E-state index contributed by atoms with van der Waals surface area (Å²) in [7, 11) is 1.94. The molecule has 1 amide bonds. The number of rotatable bonds is 5. The summed E-state index contributed by atoms with van der Waals surface area (Å²) in [5.74, 6) is 0.362. The van der Waals surface area contributed by atoms with Gasteiger partial charge < -0.3 is 0 Å². The zero-order chi connectivity index (χ0) is 16.4. The van der Waals surface area contributed by atoms with Crippen LogP contribution in [0.25, 0.3) is 0 Å². The summed E-state index contributed by atoms with van der Waals surface area (Å²) in [4.78, 5) is 13.9. The monoisotopic (exact) mass is 314 g/mol. The molecule has 0 bridgehead atoms. The largest absolute Gasteiger partial charge is 0.284 e. The van der Waals surface area contributed by atoms with Gasteiger partial charge in [0.1, 0.15) is 0 Å². The maximum atomic E-state index is 12.3. The molecule has 1 aliphatic rings. The molecule has 2 heterocycles. The zero-order valence-electron chi connectivity index (χ0n) is 13.7. The van der Waals surface area contributed by atoms with E-state index in [9.17, 15) is 4.79 Å². The van der Waals surface area contributed by atoms with Crippen molar-refractivity contribution in [3.63, 3.8) is 0 Å². The van der Waals surface area contributed by atoms with Crippen molar-refractivity contribution in [3.8, 4) is 0 Å². The Bertz CT molecular complexity index is 729. The van der Waals surface area contributed by atoms with Crippen molar-refractivity contribution in [2.45, 2.75) is 45.7 Å². The van der Waals surface area contributed by atoms with Gasteiger partial charge in [0.25, 0.3) is 5.91 Å². The summed E-state index contributed by atoms with van der Waals surface area (Å²) >= 11 is 0. The molecule has 1 aliphatic carbocycles. The normalized spacial score (nSPS) is 13.7. The second-order valence-electron chi connectivity index (χ2n) is 5.76. The molecule has 0 radical (unpaired) electrons. The van der Waals surface area contributed by atoms with Crippen LogP contribution in [0.2, 0.25) is 0 Å². The minimum absolute atomic E-state index is 0.182. The van der Waals surface area contributed by atoms with Crippen LogP contribution in [0.1, 0.15) is 36.7 Å². The first kappa shape index (κ1) is 15.5. The van der Waals surface area contributed by atoms with E-state index in [1.54, 1.807) is 15.8 Å². The predicted molar refractivity (Wildman–Crippen MR) is 86.9 cm³/mol. The van der Waals surface area contributed by atoms with Gasteiger partial charge in [0.2, 0.25) is 0 Å². The van der Waals surface area contributed by atoms with Crippen molar-refractivity contribution >= 4 is 11.7 Å². The first-order chi connectivity index (χ1) is 11.1. The molecule has 3 rings (SSSR count). The van der Waals surface area contributed by atoms with Gasteiger partial charge >= 0.3 is 0 Å². The summed E-state index contributed by atoms with van der Waals surface area (Å²) in [6, 6.07) is 0. The Labute approximate surface area is 135 Å². The van der Waals surface area contributed by atoms with Crippen LogP contribution in [0.5, 0.6) is 0 Å². The first-order valence-corrected chi connectivity index (χ1v) is 8.01. The lowest BCUT2D eigenvalue weighted by atomic mass is 9.96. The molecular weight excluding hydrogens is 292 g/mol. The highest BCUT2D eigenvalue weighted by Gasteiger charge is 2.24. The van der Waals surface area contributed by atoms with Gasteiger partial charge in [-0.2, -0.15) is 5.10 Å². The SMILES string of the molecule is C=CC(=O)N(Cc1c2c(nn1C)CCCC2)c1cn(CC)nn1. The summed E-state index contributed by atoms with van der Waals surface area (Å²) in [6.45, 7) is 6.74. The van der Waals surface area contributed by atoms with E-state index in [-0.39, 0.29) is 5.91 Å². The molecule has 0 aromatic carbocycles. The third-order valence-corrected chi connectivity index (χ3v) is 4.32. The Morgan fingerprint density at radius 2 is 2.22 bits per heavy atom. The number of amides is 1. The molecule has 0 N–H and O–H groups in total. The average Bonchev–Trinajstić information content (AvgIpc) is 3.16. The van der Waals surface area contributed by atoms with Crippen molar-refractivity contribution in [3.05, 3.63) is 35.8 Å². The summed E-state index contributed by atoms with van der Waals surface area (Å²) in [6.07, 6.45) is 7.50. The van der Waals surface area contributed by atoms with Gasteiger partial charge in [0.05, 0.1) is 24.1 Å². The molecule has 0 unspecified atom stereocenters. The van der Waals surface area contributed by atoms with Gasteiger partial charge in [0.15, 0.2) is 5.82 Å². The molecule has 0 atom stereocenters. The standard InChI is InChI=1S/C16H22N6O/c1-4-16(23)22(15-11-21(5-2)19-17-15)10-14-12-8-6-7-9-13(12)18-20(14)3/h4,11H,1,5-10H2,2-3H3. The molecule has 0 fully saturated rings. The van der Waals surface area contributed by atoms with E-state index in [0.717, 1.165) is 24.2 Å². The molecule has 122 valence electrons. The number of hydrogen-bond acceptors (Lipinski definition) is 4. The Kier molecular flexibility index (Phi) is 4.27. The number of aryl methyl sites for hydroxylation is 3. The molecular formula is C16H22N6O. The number of hydrogen-bond donors (Lipinski definition) is 0. The summed E-state index contributed by atoms with van der Waals surface area (Å²) < 4.78 is 3.60. The second kappa shape index (κ2) is 6.36. The Balaban J connectivity index is 1.94. The zero-order valence-corrected chi connectivity index (χ0v) is 13.7. The van der Waals surface area contributed by atoms with Crippen molar-refractivity contribution in [1.29, 1.82) is 0 Å². The lowest BCUT2D eigenvalue weighted by Crippen LogP contribution is -2.30. The van der Waals surface area contributed by atoms with Crippen molar-refractivity contribution in [2.75, 3.05) is 4.90 Å². The van der Waals surface area contributed by atoms with Gasteiger partial charge in [-0.25, -0.2) is 0 Å². The van der Waals surface area contributed by atoms with E-state index in [1.807, 2.05) is 18.7 Å². The smallest absolute Gasteiger partial charge is 0.251 e. The van der Waals surface area contributed by atoms with Gasteiger partial charge in [-0.3, -0.25) is 19.1 Å². The van der Waals surface area contributed by atoms with Crippen LogP contribution in [-0.2, 0) is 37.8 Å². The molecule has 0 saturated carbocycles. The maximum Gasteiger partial charge on any atom is 0.251 e. The number of carbonyl (C=O) groups excluding carboxylic acids is 1. The Morgan fingerprint density at radius 3 is 2.91 bits per heavy atom. The van der Waals surface area contributed by atoms with Gasteiger partial charge in [-0.1, -0.05) is 11.8 Å². The Hall–Kier alpha value is -2.44. The van der Waals surface area contributed by atoms with Crippen LogP contribution in [0.4, 0.5) is 5.82 Å². The number of aromatic nitrogens is 5. The van der Waals surface area contributed by atoms with Crippen LogP contribution < -0.4 is 4.90 Å². The van der Waals surface area contributed by atoms with E-state index in [0.29, 0.717) is 18.9 Å². The molecule has 0 spiro atoms. The molecule has 7 heteroatoms. The first-order valence-electron chi connectivity index (χ1n) is 8.01.